The lowest BCUT2D eigenvalue weighted by Crippen LogP contribution is -2.31. The molecule has 7 heteroatoms. The zero-order valence-corrected chi connectivity index (χ0v) is 19.4. The predicted molar refractivity (Wildman–Crippen MR) is 132 cm³/mol. The number of nitrogens with zero attached hydrogens (tertiary/aromatic N) is 1. The highest BCUT2D eigenvalue weighted by molar-refractivity contribution is 6.37. The molecule has 3 aromatic carbocycles. The Balaban J connectivity index is 1.79. The molecule has 4 rings (SSSR count). The number of anilines is 1. The molecule has 0 spiro atoms. The molecule has 0 unspecified atom stereocenters. The van der Waals surface area contributed by atoms with Gasteiger partial charge in [0.15, 0.2) is 0 Å². The van der Waals surface area contributed by atoms with Crippen molar-refractivity contribution in [1.29, 1.82) is 0 Å². The van der Waals surface area contributed by atoms with Gasteiger partial charge in [-0.3, -0.25) is 9.59 Å². The molecule has 0 saturated heterocycles. The molecule has 3 aromatic rings. The van der Waals surface area contributed by atoms with E-state index in [4.69, 9.17) is 9.47 Å². The summed E-state index contributed by atoms with van der Waals surface area (Å²) >= 11 is 0. The lowest BCUT2D eigenvalue weighted by atomic mass is 10.0. The van der Waals surface area contributed by atoms with Crippen LogP contribution in [-0.2, 0) is 9.47 Å². The molecule has 0 aliphatic carbocycles. The van der Waals surface area contributed by atoms with Gasteiger partial charge in [-0.15, -0.1) is 0 Å². The average molecular weight is 469 g/mol. The van der Waals surface area contributed by atoms with Crippen LogP contribution in [0.3, 0.4) is 0 Å². The molecule has 0 bridgehead atoms. The van der Waals surface area contributed by atoms with Gasteiger partial charge in [-0.05, 0) is 54.6 Å². The van der Waals surface area contributed by atoms with Crippen molar-refractivity contribution in [1.82, 2.24) is 0 Å². The Labute approximate surface area is 202 Å². The molecule has 1 aliphatic rings. The number of imide groups is 1. The van der Waals surface area contributed by atoms with Crippen LogP contribution in [0.15, 0.2) is 78.9 Å². The van der Waals surface area contributed by atoms with Gasteiger partial charge < -0.3 is 9.47 Å². The Morgan fingerprint density at radius 2 is 1.43 bits per heavy atom. The van der Waals surface area contributed by atoms with Gasteiger partial charge in [0.1, 0.15) is 13.2 Å². The zero-order chi connectivity index (χ0) is 25.3. The lowest BCUT2D eigenvalue weighted by molar-refractivity contribution is 0.0532. The molecule has 0 radical (unpaired) electrons. The summed E-state index contributed by atoms with van der Waals surface area (Å²) in [7, 11) is 0. The minimum Gasteiger partial charge on any atom is -0.458 e. The number of hydrogen-bond donors (Lipinski definition) is 0. The molecule has 0 saturated carbocycles. The number of rotatable bonds is 7. The van der Waals surface area contributed by atoms with Crippen LogP contribution in [0, 0.1) is 0 Å². The molecule has 2 amide bonds. The molecule has 1 heterocycles. The zero-order valence-electron chi connectivity index (χ0n) is 19.4. The monoisotopic (exact) mass is 469 g/mol. The van der Waals surface area contributed by atoms with Gasteiger partial charge >= 0.3 is 11.9 Å². The summed E-state index contributed by atoms with van der Waals surface area (Å²) in [5.74, 6) is -2.57. The number of fused-ring (bicyclic) bond motifs is 2. The van der Waals surface area contributed by atoms with Crippen molar-refractivity contribution in [2.75, 3.05) is 18.1 Å². The van der Waals surface area contributed by atoms with Crippen LogP contribution in [0.4, 0.5) is 5.69 Å². The molecule has 176 valence electrons. The van der Waals surface area contributed by atoms with Crippen LogP contribution in [0.5, 0.6) is 0 Å². The largest absolute Gasteiger partial charge is 0.458 e. The minimum atomic E-state index is -0.686. The first-order valence-electron chi connectivity index (χ1n) is 10.9. The van der Waals surface area contributed by atoms with Crippen molar-refractivity contribution in [3.05, 3.63) is 101 Å². The molecular formula is C28H23NO6. The lowest BCUT2D eigenvalue weighted by Gasteiger charge is -2.20. The second kappa shape index (κ2) is 9.38. The van der Waals surface area contributed by atoms with Gasteiger partial charge in [-0.25, -0.2) is 14.5 Å². The van der Waals surface area contributed by atoms with Gasteiger partial charge in [-0.2, -0.15) is 0 Å². The fourth-order valence-corrected chi connectivity index (χ4v) is 3.77. The molecular weight excluding hydrogens is 446 g/mol. The van der Waals surface area contributed by atoms with E-state index in [-0.39, 0.29) is 41.2 Å². The average Bonchev–Trinajstić information content (AvgIpc) is 3.09. The highest BCUT2D eigenvalue weighted by Gasteiger charge is 2.40. The topological polar surface area (TPSA) is 90.0 Å². The fourth-order valence-electron chi connectivity index (χ4n) is 3.77. The number of esters is 2. The van der Waals surface area contributed by atoms with E-state index in [0.29, 0.717) is 16.5 Å². The molecule has 1 aliphatic heterocycles. The summed E-state index contributed by atoms with van der Waals surface area (Å²) < 4.78 is 10.5. The van der Waals surface area contributed by atoms with Crippen LogP contribution in [-0.4, -0.2) is 37.0 Å². The van der Waals surface area contributed by atoms with E-state index in [9.17, 15) is 19.2 Å². The summed E-state index contributed by atoms with van der Waals surface area (Å²) in [6.07, 6.45) is 0. The minimum absolute atomic E-state index is 0.00285. The number of ether oxygens (including phenoxy) is 2. The van der Waals surface area contributed by atoms with Crippen molar-refractivity contribution in [3.63, 3.8) is 0 Å². The Hall–Kier alpha value is -4.52. The summed E-state index contributed by atoms with van der Waals surface area (Å²) in [4.78, 5) is 53.2. The molecule has 0 fully saturated rings. The van der Waals surface area contributed by atoms with E-state index < -0.39 is 23.8 Å². The Kier molecular flexibility index (Phi) is 6.34. The van der Waals surface area contributed by atoms with E-state index in [0.717, 1.165) is 10.3 Å². The number of carbonyl (C=O) groups excluding carboxylic acids is 4. The first-order valence-corrected chi connectivity index (χ1v) is 10.9. The van der Waals surface area contributed by atoms with E-state index in [1.165, 1.54) is 24.3 Å². The van der Waals surface area contributed by atoms with Gasteiger partial charge in [0, 0.05) is 5.39 Å². The standard InChI is InChI=1S/C28H23NO6/c1-16(2)14-34-27(32)19-10-11-21-23(13-19)26(31)29(25(21)30)24-20-8-6-5-7-18(20)9-12-22(24)28(33)35-15-17(3)4/h5-13H,1,3,14-15H2,2,4H3. The summed E-state index contributed by atoms with van der Waals surface area (Å²) in [6, 6.07) is 14.5. The predicted octanol–water partition coefficient (Wildman–Crippen LogP) is 5.11. The normalized spacial score (nSPS) is 12.5. The maximum absolute atomic E-state index is 13.5. The first kappa shape index (κ1) is 23.6. The second-order valence-corrected chi connectivity index (χ2v) is 8.46. The highest BCUT2D eigenvalue weighted by atomic mass is 16.5. The third kappa shape index (κ3) is 4.48. The summed E-state index contributed by atoms with van der Waals surface area (Å²) in [5.41, 5.74) is 1.82. The Morgan fingerprint density at radius 1 is 0.800 bits per heavy atom. The third-order valence-corrected chi connectivity index (χ3v) is 5.37. The maximum atomic E-state index is 13.5. The van der Waals surface area contributed by atoms with Gasteiger partial charge in [0.25, 0.3) is 11.8 Å². The van der Waals surface area contributed by atoms with Crippen LogP contribution < -0.4 is 4.90 Å². The number of hydrogen-bond acceptors (Lipinski definition) is 6. The smallest absolute Gasteiger partial charge is 0.340 e. The van der Waals surface area contributed by atoms with E-state index in [1.54, 1.807) is 32.0 Å². The molecule has 0 atom stereocenters. The van der Waals surface area contributed by atoms with Gasteiger partial charge in [-0.1, -0.05) is 43.5 Å². The molecule has 7 nitrogen and oxygen atoms in total. The SMILES string of the molecule is C=C(C)COC(=O)c1ccc2c(c1)C(=O)N(c1c(C(=O)OCC(=C)C)ccc3ccccc13)C2=O. The Morgan fingerprint density at radius 3 is 2.11 bits per heavy atom. The highest BCUT2D eigenvalue weighted by Crippen LogP contribution is 2.37. The van der Waals surface area contributed by atoms with Crippen molar-refractivity contribution in [2.24, 2.45) is 0 Å². The molecule has 0 N–H and O–H groups in total. The quantitative estimate of drug-likeness (QED) is 0.272. The maximum Gasteiger partial charge on any atom is 0.340 e. The van der Waals surface area contributed by atoms with E-state index in [1.807, 2.05) is 12.1 Å². The van der Waals surface area contributed by atoms with Crippen molar-refractivity contribution < 1.29 is 28.7 Å². The molecule has 0 aromatic heterocycles. The van der Waals surface area contributed by atoms with Crippen molar-refractivity contribution in [2.45, 2.75) is 13.8 Å². The number of carbonyl (C=O) groups is 4. The van der Waals surface area contributed by atoms with Crippen LogP contribution in [0.2, 0.25) is 0 Å². The number of amides is 2. The summed E-state index contributed by atoms with van der Waals surface area (Å²) in [6.45, 7) is 10.9. The van der Waals surface area contributed by atoms with E-state index >= 15 is 0 Å². The first-order chi connectivity index (χ1) is 16.7. The number of benzene rings is 3. The van der Waals surface area contributed by atoms with Crippen LogP contribution in [0.25, 0.3) is 10.8 Å². The van der Waals surface area contributed by atoms with Crippen LogP contribution in [0.1, 0.15) is 55.3 Å². The van der Waals surface area contributed by atoms with Crippen molar-refractivity contribution in [3.8, 4) is 0 Å². The van der Waals surface area contributed by atoms with Gasteiger partial charge in [0.05, 0.1) is 27.9 Å². The van der Waals surface area contributed by atoms with Crippen LogP contribution >= 0.6 is 0 Å². The Bertz CT molecular complexity index is 1430. The van der Waals surface area contributed by atoms with E-state index in [2.05, 4.69) is 13.2 Å². The fraction of sp³-hybridized carbons (Fsp3) is 0.143. The molecule has 35 heavy (non-hydrogen) atoms. The summed E-state index contributed by atoms with van der Waals surface area (Å²) in [5, 5.41) is 1.27. The third-order valence-electron chi connectivity index (χ3n) is 5.37. The second-order valence-electron chi connectivity index (χ2n) is 8.46. The van der Waals surface area contributed by atoms with Crippen molar-refractivity contribution >= 4 is 40.2 Å². The van der Waals surface area contributed by atoms with Gasteiger partial charge in [0.2, 0.25) is 0 Å².